The first-order valence-corrected chi connectivity index (χ1v) is 11.5. The number of hydrogen-bond donors (Lipinski definition) is 1. The van der Waals surface area contributed by atoms with Gasteiger partial charge in [-0.2, -0.15) is 0 Å². The molecule has 7 heteroatoms. The topological polar surface area (TPSA) is 84.7 Å². The van der Waals surface area contributed by atoms with Crippen molar-refractivity contribution in [3.8, 4) is 5.75 Å². The number of fused-ring (bicyclic) bond motifs is 3. The zero-order valence-electron chi connectivity index (χ0n) is 18.4. The molecule has 1 aliphatic heterocycles. The lowest BCUT2D eigenvalue weighted by Gasteiger charge is -2.31. The van der Waals surface area contributed by atoms with Gasteiger partial charge in [0.15, 0.2) is 5.58 Å². The van der Waals surface area contributed by atoms with Crippen molar-refractivity contribution in [2.75, 3.05) is 33.3 Å². The highest BCUT2D eigenvalue weighted by molar-refractivity contribution is 6.11. The second kappa shape index (κ2) is 9.00. The lowest BCUT2D eigenvalue weighted by molar-refractivity contribution is -0.130. The fraction of sp³-hybridized carbons (Fsp3) is 0.480. The molecule has 7 nitrogen and oxygen atoms in total. The number of ketones is 2. The second-order valence-electron chi connectivity index (χ2n) is 8.97. The van der Waals surface area contributed by atoms with Gasteiger partial charge in [0.25, 0.3) is 0 Å². The number of Topliss-reactive ketones (excluding diaryl/α,β-unsaturated/α-hetero) is 2. The van der Waals surface area contributed by atoms with Crippen molar-refractivity contribution in [3.63, 3.8) is 0 Å². The molecule has 2 aliphatic rings. The van der Waals surface area contributed by atoms with Crippen LogP contribution in [0.2, 0.25) is 0 Å². The Kier molecular flexibility index (Phi) is 5.93. The minimum Gasteiger partial charge on any atom is -0.492 e. The Morgan fingerprint density at radius 3 is 2.81 bits per heavy atom. The van der Waals surface area contributed by atoms with E-state index in [1.807, 2.05) is 30.3 Å². The average Bonchev–Trinajstić information content (AvgIpc) is 3.24. The third-order valence-electron chi connectivity index (χ3n) is 6.90. The zero-order chi connectivity index (χ0) is 22.1. The van der Waals surface area contributed by atoms with E-state index in [1.165, 1.54) is 12.8 Å². The molecule has 2 aromatic carbocycles. The molecule has 0 bridgehead atoms. The molecule has 1 saturated carbocycles. The number of nitrogens with zero attached hydrogens (tertiary/aromatic N) is 2. The molecular weight excluding hydrogens is 406 g/mol. The predicted octanol–water partition coefficient (Wildman–Crippen LogP) is 3.45. The number of carbonyl (C=O) groups excluding carboxylic acids is 2. The molecule has 1 unspecified atom stereocenters. The van der Waals surface area contributed by atoms with Crippen LogP contribution in [-0.4, -0.2) is 61.0 Å². The molecule has 1 saturated heterocycles. The third kappa shape index (κ3) is 4.14. The molecule has 2 heterocycles. The normalized spacial score (nSPS) is 20.5. The van der Waals surface area contributed by atoms with Gasteiger partial charge in [0.1, 0.15) is 29.6 Å². The van der Waals surface area contributed by atoms with Gasteiger partial charge in [-0.1, -0.05) is 11.2 Å². The van der Waals surface area contributed by atoms with Gasteiger partial charge in [-0.3, -0.25) is 14.5 Å². The number of ether oxygens (including phenoxy) is 1. The molecule has 168 valence electrons. The Bertz CT molecular complexity index is 1150. The summed E-state index contributed by atoms with van der Waals surface area (Å²) in [6, 6.07) is 10.5. The number of carbonyl (C=O) groups is 2. The maximum atomic E-state index is 12.5. The molecule has 2 fully saturated rings. The first-order chi connectivity index (χ1) is 15.6. The van der Waals surface area contributed by atoms with E-state index in [-0.39, 0.29) is 23.9 Å². The van der Waals surface area contributed by atoms with Crippen LogP contribution in [0.25, 0.3) is 21.7 Å². The number of aromatic nitrogens is 1. The van der Waals surface area contributed by atoms with E-state index >= 15 is 0 Å². The van der Waals surface area contributed by atoms with Crippen LogP contribution in [-0.2, 0) is 9.59 Å². The third-order valence-corrected chi connectivity index (χ3v) is 6.90. The van der Waals surface area contributed by atoms with Gasteiger partial charge in [-0.15, -0.1) is 0 Å². The Hall–Kier alpha value is -2.77. The number of nitrogens with one attached hydrogen (secondary N) is 1. The molecule has 0 spiro atoms. The van der Waals surface area contributed by atoms with Gasteiger partial charge in [-0.05, 0) is 74.4 Å². The van der Waals surface area contributed by atoms with Gasteiger partial charge >= 0.3 is 0 Å². The molecule has 1 aromatic heterocycles. The fourth-order valence-corrected chi connectivity index (χ4v) is 5.00. The number of rotatable bonds is 6. The van der Waals surface area contributed by atoms with E-state index in [9.17, 15) is 9.59 Å². The van der Waals surface area contributed by atoms with Crippen LogP contribution < -0.4 is 10.1 Å². The summed E-state index contributed by atoms with van der Waals surface area (Å²) in [6.45, 7) is 3.70. The summed E-state index contributed by atoms with van der Waals surface area (Å²) in [6.07, 6.45) is 3.27. The van der Waals surface area contributed by atoms with E-state index in [4.69, 9.17) is 9.26 Å². The van der Waals surface area contributed by atoms with E-state index in [0.717, 1.165) is 41.5 Å². The van der Waals surface area contributed by atoms with E-state index in [1.54, 1.807) is 0 Å². The zero-order valence-corrected chi connectivity index (χ0v) is 18.4. The Morgan fingerprint density at radius 1 is 1.16 bits per heavy atom. The van der Waals surface area contributed by atoms with Crippen LogP contribution in [0.1, 0.15) is 43.7 Å². The van der Waals surface area contributed by atoms with Gasteiger partial charge in [0.2, 0.25) is 0 Å². The average molecular weight is 436 g/mol. The van der Waals surface area contributed by atoms with Crippen LogP contribution in [0.5, 0.6) is 5.75 Å². The summed E-state index contributed by atoms with van der Waals surface area (Å²) in [4.78, 5) is 26.5. The quantitative estimate of drug-likeness (QED) is 0.594. The Labute approximate surface area is 187 Å². The van der Waals surface area contributed by atoms with Gasteiger partial charge in [0.05, 0.1) is 17.7 Å². The van der Waals surface area contributed by atoms with Crippen molar-refractivity contribution < 1.29 is 18.8 Å². The standard InChI is InChI=1S/C25H29N3O4/c1-28(17-8-10-26-11-9-17)12-13-31-19-4-6-20-16(14-19)2-7-23-24(20)25(27-32-23)21-5-3-18(29)15-22(21)30/h2,4,6-7,14,17,21,26H,3,5,8-13,15H2,1H3. The van der Waals surface area contributed by atoms with Crippen LogP contribution in [0.3, 0.4) is 0 Å². The fourth-order valence-electron chi connectivity index (χ4n) is 5.00. The van der Waals surface area contributed by atoms with Gasteiger partial charge in [-0.25, -0.2) is 0 Å². The summed E-state index contributed by atoms with van der Waals surface area (Å²) >= 11 is 0. The number of hydrogen-bond acceptors (Lipinski definition) is 7. The number of benzene rings is 2. The Balaban J connectivity index is 1.34. The van der Waals surface area contributed by atoms with Crippen LogP contribution >= 0.6 is 0 Å². The second-order valence-corrected chi connectivity index (χ2v) is 8.97. The van der Waals surface area contributed by atoms with Crippen LogP contribution in [0, 0.1) is 0 Å². The highest BCUT2D eigenvalue weighted by Gasteiger charge is 2.32. The smallest absolute Gasteiger partial charge is 0.167 e. The Morgan fingerprint density at radius 2 is 2.00 bits per heavy atom. The van der Waals surface area contributed by atoms with Crippen molar-refractivity contribution in [2.24, 2.45) is 0 Å². The molecule has 0 radical (unpaired) electrons. The first kappa shape index (κ1) is 21.1. The summed E-state index contributed by atoms with van der Waals surface area (Å²) in [7, 11) is 2.17. The largest absolute Gasteiger partial charge is 0.492 e. The summed E-state index contributed by atoms with van der Waals surface area (Å²) in [5.41, 5.74) is 1.31. The maximum Gasteiger partial charge on any atom is 0.167 e. The lowest BCUT2D eigenvalue weighted by atomic mass is 9.83. The minimum atomic E-state index is -0.374. The van der Waals surface area contributed by atoms with Crippen molar-refractivity contribution in [3.05, 3.63) is 36.0 Å². The summed E-state index contributed by atoms with van der Waals surface area (Å²) in [5, 5.41) is 10.5. The molecule has 32 heavy (non-hydrogen) atoms. The minimum absolute atomic E-state index is 0.00636. The van der Waals surface area contributed by atoms with E-state index < -0.39 is 0 Å². The van der Waals surface area contributed by atoms with E-state index in [2.05, 4.69) is 22.4 Å². The molecule has 3 aromatic rings. The lowest BCUT2D eigenvalue weighted by Crippen LogP contribution is -2.42. The summed E-state index contributed by atoms with van der Waals surface area (Å²) in [5.74, 6) is 0.400. The molecule has 1 aliphatic carbocycles. The van der Waals surface area contributed by atoms with Crippen molar-refractivity contribution in [1.29, 1.82) is 0 Å². The monoisotopic (exact) mass is 435 g/mol. The highest BCUT2D eigenvalue weighted by atomic mass is 16.5. The summed E-state index contributed by atoms with van der Waals surface area (Å²) < 4.78 is 11.6. The maximum absolute atomic E-state index is 12.5. The van der Waals surface area contributed by atoms with Crippen molar-refractivity contribution >= 4 is 33.3 Å². The SMILES string of the molecule is CN(CCOc1ccc2c(ccc3onc(C4CCC(=O)CC4=O)c32)c1)C1CCNCC1. The number of likely N-dealkylation sites (N-methyl/N-ethyl adjacent to an activating group) is 1. The van der Waals surface area contributed by atoms with Gasteiger partial charge in [0, 0.05) is 19.0 Å². The molecule has 1 N–H and O–H groups in total. The molecule has 5 rings (SSSR count). The predicted molar refractivity (Wildman–Crippen MR) is 122 cm³/mol. The number of piperidine rings is 1. The van der Waals surface area contributed by atoms with Crippen LogP contribution in [0.4, 0.5) is 0 Å². The van der Waals surface area contributed by atoms with Crippen LogP contribution in [0.15, 0.2) is 34.9 Å². The highest BCUT2D eigenvalue weighted by Crippen LogP contribution is 2.37. The molecule has 0 amide bonds. The van der Waals surface area contributed by atoms with Gasteiger partial charge < -0.3 is 14.6 Å². The van der Waals surface area contributed by atoms with Crippen molar-refractivity contribution in [2.45, 2.75) is 44.1 Å². The molecular formula is C25H29N3O4. The van der Waals surface area contributed by atoms with Crippen molar-refractivity contribution in [1.82, 2.24) is 15.4 Å². The first-order valence-electron chi connectivity index (χ1n) is 11.5. The van der Waals surface area contributed by atoms with E-state index in [0.29, 0.717) is 36.8 Å². The molecule has 1 atom stereocenters.